The summed E-state index contributed by atoms with van der Waals surface area (Å²) in [6.45, 7) is 5.61. The zero-order valence-corrected chi connectivity index (χ0v) is 12.8. The Morgan fingerprint density at radius 1 is 1.27 bits per heavy atom. The highest BCUT2D eigenvalue weighted by atomic mass is 19.1. The van der Waals surface area contributed by atoms with Crippen LogP contribution in [0.3, 0.4) is 0 Å². The van der Waals surface area contributed by atoms with Gasteiger partial charge < -0.3 is 10.3 Å². The molecule has 0 aliphatic carbocycles. The van der Waals surface area contributed by atoms with Gasteiger partial charge in [0.15, 0.2) is 0 Å². The van der Waals surface area contributed by atoms with Gasteiger partial charge in [0.05, 0.1) is 12.8 Å². The van der Waals surface area contributed by atoms with E-state index in [-0.39, 0.29) is 18.3 Å². The topological polar surface area (TPSA) is 65.7 Å². The quantitative estimate of drug-likeness (QED) is 0.515. The van der Waals surface area contributed by atoms with Crippen LogP contribution in [0.1, 0.15) is 42.3 Å². The summed E-state index contributed by atoms with van der Waals surface area (Å²) in [5, 5.41) is 21.8. The van der Waals surface area contributed by atoms with Crippen LogP contribution < -0.4 is 0 Å². The number of nitrogens with zero attached hydrogens (tertiary/aromatic N) is 2. The normalized spacial score (nSPS) is 11.5. The lowest BCUT2D eigenvalue weighted by Crippen LogP contribution is -2.09. The molecule has 0 radical (unpaired) electrons. The number of pyridine rings is 1. The van der Waals surface area contributed by atoms with Crippen LogP contribution in [-0.2, 0) is 6.61 Å². The van der Waals surface area contributed by atoms with E-state index in [0.717, 1.165) is 16.8 Å². The third kappa shape index (κ3) is 2.99. The minimum Gasteiger partial charge on any atom is -0.411 e. The van der Waals surface area contributed by atoms with Gasteiger partial charge in [-0.3, -0.25) is 4.98 Å². The first-order valence-corrected chi connectivity index (χ1v) is 7.07. The molecule has 0 spiro atoms. The van der Waals surface area contributed by atoms with E-state index < -0.39 is 0 Å². The highest BCUT2D eigenvalue weighted by molar-refractivity contribution is 5.93. The molecule has 5 heteroatoms. The molecule has 22 heavy (non-hydrogen) atoms. The molecule has 0 amide bonds. The van der Waals surface area contributed by atoms with Gasteiger partial charge >= 0.3 is 0 Å². The summed E-state index contributed by atoms with van der Waals surface area (Å²) in [4.78, 5) is 4.53. The zero-order chi connectivity index (χ0) is 16.3. The van der Waals surface area contributed by atoms with Crippen molar-refractivity contribution in [2.75, 3.05) is 0 Å². The maximum Gasteiger partial charge on any atom is 0.123 e. The molecular formula is C17H19FN2O2. The van der Waals surface area contributed by atoms with Crippen molar-refractivity contribution in [2.24, 2.45) is 5.16 Å². The number of rotatable bonds is 4. The van der Waals surface area contributed by atoms with Crippen LogP contribution in [0.5, 0.6) is 0 Å². The van der Waals surface area contributed by atoms with Crippen molar-refractivity contribution >= 4 is 6.21 Å². The maximum atomic E-state index is 13.2. The molecule has 2 aromatic rings. The van der Waals surface area contributed by atoms with E-state index in [1.165, 1.54) is 18.3 Å². The number of hydrogen-bond donors (Lipinski definition) is 2. The van der Waals surface area contributed by atoms with Crippen molar-refractivity contribution in [1.29, 1.82) is 0 Å². The van der Waals surface area contributed by atoms with Crippen molar-refractivity contribution in [1.82, 2.24) is 4.98 Å². The van der Waals surface area contributed by atoms with Crippen molar-refractivity contribution in [3.05, 3.63) is 52.6 Å². The SMILES string of the molecule is Cc1nc(C(C)C)c(CO)c(-c2ccc(F)cc2)c1C=NO. The molecule has 1 aromatic heterocycles. The third-order valence-corrected chi connectivity index (χ3v) is 3.58. The van der Waals surface area contributed by atoms with Crippen molar-refractivity contribution in [3.8, 4) is 11.1 Å². The molecule has 0 fully saturated rings. The highest BCUT2D eigenvalue weighted by Gasteiger charge is 2.19. The summed E-state index contributed by atoms with van der Waals surface area (Å²) in [6, 6.07) is 6.01. The minimum absolute atomic E-state index is 0.125. The number of aliphatic hydroxyl groups is 1. The van der Waals surface area contributed by atoms with Crippen LogP contribution in [-0.4, -0.2) is 21.5 Å². The van der Waals surface area contributed by atoms with Gasteiger partial charge in [-0.15, -0.1) is 0 Å². The molecule has 0 aliphatic heterocycles. The molecule has 116 valence electrons. The summed E-state index contributed by atoms with van der Waals surface area (Å²) in [7, 11) is 0. The molecule has 4 nitrogen and oxygen atoms in total. The van der Waals surface area contributed by atoms with E-state index in [4.69, 9.17) is 5.21 Å². The number of aromatic nitrogens is 1. The average Bonchev–Trinajstić information content (AvgIpc) is 2.49. The Morgan fingerprint density at radius 3 is 2.41 bits per heavy atom. The van der Waals surface area contributed by atoms with Crippen LogP contribution in [0.25, 0.3) is 11.1 Å². The first kappa shape index (κ1) is 16.1. The summed E-state index contributed by atoms with van der Waals surface area (Å²) in [6.07, 6.45) is 1.30. The van der Waals surface area contributed by atoms with Gasteiger partial charge in [-0.1, -0.05) is 31.1 Å². The van der Waals surface area contributed by atoms with E-state index in [1.54, 1.807) is 12.1 Å². The van der Waals surface area contributed by atoms with E-state index in [1.807, 2.05) is 20.8 Å². The maximum absolute atomic E-state index is 13.2. The fraction of sp³-hybridized carbons (Fsp3) is 0.294. The van der Waals surface area contributed by atoms with Gasteiger partial charge in [-0.2, -0.15) is 0 Å². The van der Waals surface area contributed by atoms with Crippen LogP contribution >= 0.6 is 0 Å². The second-order valence-electron chi connectivity index (χ2n) is 5.41. The predicted molar refractivity (Wildman–Crippen MR) is 83.8 cm³/mol. The molecule has 0 aliphatic rings. The van der Waals surface area contributed by atoms with Gasteiger partial charge in [0.25, 0.3) is 0 Å². The van der Waals surface area contributed by atoms with Crippen LogP contribution in [0.15, 0.2) is 29.4 Å². The summed E-state index contributed by atoms with van der Waals surface area (Å²) in [5.41, 5.74) is 4.22. The Kier molecular flexibility index (Phi) is 4.88. The number of aliphatic hydroxyl groups excluding tert-OH is 1. The summed E-state index contributed by atoms with van der Waals surface area (Å²) >= 11 is 0. The monoisotopic (exact) mass is 302 g/mol. The molecule has 2 N–H and O–H groups in total. The molecule has 0 bridgehead atoms. The fourth-order valence-electron chi connectivity index (χ4n) is 2.58. The van der Waals surface area contributed by atoms with E-state index >= 15 is 0 Å². The molecule has 1 aromatic carbocycles. The largest absolute Gasteiger partial charge is 0.411 e. The molecule has 0 saturated carbocycles. The van der Waals surface area contributed by atoms with E-state index in [9.17, 15) is 9.50 Å². The van der Waals surface area contributed by atoms with Gasteiger partial charge in [0.1, 0.15) is 5.82 Å². The number of oxime groups is 1. The number of benzene rings is 1. The van der Waals surface area contributed by atoms with E-state index in [0.29, 0.717) is 16.8 Å². The molecule has 1 heterocycles. The Labute approximate surface area is 129 Å². The third-order valence-electron chi connectivity index (χ3n) is 3.58. The second kappa shape index (κ2) is 6.66. The number of hydrogen-bond acceptors (Lipinski definition) is 4. The van der Waals surface area contributed by atoms with Crippen LogP contribution in [0.4, 0.5) is 4.39 Å². The summed E-state index contributed by atoms with van der Waals surface area (Å²) < 4.78 is 13.2. The number of aryl methyl sites for hydroxylation is 1. The smallest absolute Gasteiger partial charge is 0.123 e. The Morgan fingerprint density at radius 2 is 1.91 bits per heavy atom. The van der Waals surface area contributed by atoms with Gasteiger partial charge in [-0.25, -0.2) is 4.39 Å². The fourth-order valence-corrected chi connectivity index (χ4v) is 2.58. The van der Waals surface area contributed by atoms with Crippen LogP contribution in [0, 0.1) is 12.7 Å². The molecule has 0 atom stereocenters. The van der Waals surface area contributed by atoms with Gasteiger partial charge in [0.2, 0.25) is 0 Å². The first-order chi connectivity index (χ1) is 10.5. The van der Waals surface area contributed by atoms with Crippen molar-refractivity contribution in [2.45, 2.75) is 33.3 Å². The lowest BCUT2D eigenvalue weighted by atomic mass is 9.90. The zero-order valence-electron chi connectivity index (χ0n) is 12.8. The standard InChI is InChI=1S/C17H19FN2O2/c1-10(2)17-15(9-21)16(12-4-6-13(18)7-5-12)14(8-19-22)11(3)20-17/h4-8,10,21-22H,9H2,1-3H3. The number of halogens is 1. The van der Waals surface area contributed by atoms with Gasteiger partial charge in [-0.05, 0) is 36.1 Å². The van der Waals surface area contributed by atoms with Crippen molar-refractivity contribution < 1.29 is 14.7 Å². The Bertz CT molecular complexity index is 695. The Hall–Kier alpha value is -2.27. The average molecular weight is 302 g/mol. The van der Waals surface area contributed by atoms with Gasteiger partial charge in [0, 0.05) is 22.5 Å². The molecular weight excluding hydrogens is 283 g/mol. The highest BCUT2D eigenvalue weighted by Crippen LogP contribution is 2.33. The summed E-state index contributed by atoms with van der Waals surface area (Å²) in [5.74, 6) is -0.207. The minimum atomic E-state index is -0.332. The predicted octanol–water partition coefficient (Wildman–Crippen LogP) is 3.62. The molecule has 2 rings (SSSR count). The second-order valence-corrected chi connectivity index (χ2v) is 5.41. The Balaban J connectivity index is 2.84. The first-order valence-electron chi connectivity index (χ1n) is 7.07. The molecule has 0 saturated heterocycles. The van der Waals surface area contributed by atoms with Crippen molar-refractivity contribution in [3.63, 3.8) is 0 Å². The molecule has 0 unspecified atom stereocenters. The van der Waals surface area contributed by atoms with Crippen LogP contribution in [0.2, 0.25) is 0 Å². The lowest BCUT2D eigenvalue weighted by Gasteiger charge is -2.19. The lowest BCUT2D eigenvalue weighted by molar-refractivity contribution is 0.280. The van der Waals surface area contributed by atoms with E-state index in [2.05, 4.69) is 10.1 Å².